The molecule has 1 aromatic rings. The topological polar surface area (TPSA) is 29.1 Å². The fourth-order valence-corrected chi connectivity index (χ4v) is 3.86. The smallest absolute Gasteiger partial charge is 0.253 e. The van der Waals surface area contributed by atoms with E-state index in [9.17, 15) is 4.79 Å². The first kappa shape index (κ1) is 11.1. The third-order valence-electron chi connectivity index (χ3n) is 2.02. The molecule has 0 saturated heterocycles. The van der Waals surface area contributed by atoms with Crippen LogP contribution in [0.25, 0.3) is 0 Å². The molecule has 0 spiro atoms. The van der Waals surface area contributed by atoms with Crippen LogP contribution >= 0.6 is 63.7 Å². The average molecular weight is 449 g/mol. The van der Waals surface area contributed by atoms with Crippen LogP contribution in [0.1, 0.15) is 15.9 Å². The zero-order chi connectivity index (χ0) is 10.5. The molecule has 0 unspecified atom stereocenters. The van der Waals surface area contributed by atoms with Gasteiger partial charge < -0.3 is 5.32 Å². The van der Waals surface area contributed by atoms with Crippen LogP contribution in [-0.4, -0.2) is 5.91 Å². The molecule has 14 heavy (non-hydrogen) atoms. The standard InChI is InChI=1S/C8H3Br4NO/c9-4-2-1-13-8(14)3(2)5(10)7(12)6(4)11/h1H2,(H,13,14). The molecule has 1 aliphatic rings. The monoisotopic (exact) mass is 445 g/mol. The van der Waals surface area contributed by atoms with Crippen molar-refractivity contribution >= 4 is 69.6 Å². The normalized spacial score (nSPS) is 14.1. The lowest BCUT2D eigenvalue weighted by Crippen LogP contribution is -2.12. The van der Waals surface area contributed by atoms with E-state index in [0.717, 1.165) is 23.5 Å². The van der Waals surface area contributed by atoms with Crippen molar-refractivity contribution in [3.05, 3.63) is 29.0 Å². The van der Waals surface area contributed by atoms with Crippen molar-refractivity contribution in [3.8, 4) is 0 Å². The summed E-state index contributed by atoms with van der Waals surface area (Å²) >= 11 is 13.7. The van der Waals surface area contributed by atoms with Gasteiger partial charge in [-0.05, 0) is 63.7 Å². The molecule has 1 amide bonds. The van der Waals surface area contributed by atoms with Crippen LogP contribution in [0.15, 0.2) is 17.9 Å². The molecule has 0 atom stereocenters. The Kier molecular flexibility index (Phi) is 3.08. The maximum Gasteiger partial charge on any atom is 0.253 e. The fraction of sp³-hybridized carbons (Fsp3) is 0.125. The Morgan fingerprint density at radius 1 is 0.929 bits per heavy atom. The molecular formula is C8H3Br4NO. The second-order valence-corrected chi connectivity index (χ2v) is 5.96. The van der Waals surface area contributed by atoms with Gasteiger partial charge in [0.15, 0.2) is 0 Å². The Balaban J connectivity index is 2.84. The van der Waals surface area contributed by atoms with Gasteiger partial charge in [0.05, 0.1) is 5.56 Å². The first-order chi connectivity index (χ1) is 6.54. The third kappa shape index (κ3) is 1.50. The fourth-order valence-electron chi connectivity index (χ4n) is 1.34. The molecule has 0 saturated carbocycles. The van der Waals surface area contributed by atoms with Crippen LogP contribution < -0.4 is 5.32 Å². The van der Waals surface area contributed by atoms with Gasteiger partial charge in [-0.25, -0.2) is 0 Å². The van der Waals surface area contributed by atoms with E-state index >= 15 is 0 Å². The number of hydrogen-bond donors (Lipinski definition) is 1. The number of halogens is 4. The van der Waals surface area contributed by atoms with Crippen LogP contribution in [0.2, 0.25) is 0 Å². The largest absolute Gasteiger partial charge is 0.348 e. The van der Waals surface area contributed by atoms with E-state index in [1.807, 2.05) is 0 Å². The molecule has 1 aromatic carbocycles. The van der Waals surface area contributed by atoms with Crippen molar-refractivity contribution in [3.63, 3.8) is 0 Å². The van der Waals surface area contributed by atoms with E-state index in [1.54, 1.807) is 0 Å². The number of carbonyl (C=O) groups excluding carboxylic acids is 1. The Labute approximate surface area is 114 Å². The van der Waals surface area contributed by atoms with Gasteiger partial charge in [0, 0.05) is 30.0 Å². The lowest BCUT2D eigenvalue weighted by Gasteiger charge is -2.08. The molecule has 2 rings (SSSR count). The minimum absolute atomic E-state index is 0.0409. The molecular weight excluding hydrogens is 446 g/mol. The lowest BCUT2D eigenvalue weighted by atomic mass is 10.1. The SMILES string of the molecule is O=C1NCc2c(Br)c(Br)c(Br)c(Br)c21. The molecule has 1 aliphatic heterocycles. The molecule has 0 radical (unpaired) electrons. The maximum absolute atomic E-state index is 11.5. The lowest BCUT2D eigenvalue weighted by molar-refractivity contribution is 0.0965. The average Bonchev–Trinajstić information content (AvgIpc) is 2.54. The quantitative estimate of drug-likeness (QED) is 0.472. The highest BCUT2D eigenvalue weighted by Gasteiger charge is 2.27. The van der Waals surface area contributed by atoms with Crippen LogP contribution in [-0.2, 0) is 6.54 Å². The molecule has 0 aromatic heterocycles. The summed E-state index contributed by atoms with van der Waals surface area (Å²) in [4.78, 5) is 11.5. The second kappa shape index (κ2) is 3.88. The number of benzene rings is 1. The summed E-state index contributed by atoms with van der Waals surface area (Å²) in [6.07, 6.45) is 0. The van der Waals surface area contributed by atoms with Gasteiger partial charge in [-0.15, -0.1) is 0 Å². The number of fused-ring (bicyclic) bond motifs is 1. The minimum Gasteiger partial charge on any atom is -0.348 e. The van der Waals surface area contributed by atoms with Gasteiger partial charge >= 0.3 is 0 Å². The summed E-state index contributed by atoms with van der Waals surface area (Å²) in [6.45, 7) is 0.569. The first-order valence-corrected chi connectivity index (χ1v) is 6.84. The van der Waals surface area contributed by atoms with Crippen LogP contribution in [0.5, 0.6) is 0 Å². The van der Waals surface area contributed by atoms with Crippen molar-refractivity contribution in [1.82, 2.24) is 5.32 Å². The molecule has 0 fully saturated rings. The summed E-state index contributed by atoms with van der Waals surface area (Å²) in [5.74, 6) is -0.0409. The number of hydrogen-bond acceptors (Lipinski definition) is 1. The molecule has 1 heterocycles. The molecule has 74 valence electrons. The Morgan fingerprint density at radius 2 is 1.50 bits per heavy atom. The number of amides is 1. The predicted molar refractivity (Wildman–Crippen MR) is 68.4 cm³/mol. The summed E-state index contributed by atoms with van der Waals surface area (Å²) in [5.41, 5.74) is 1.68. The molecule has 6 heteroatoms. The number of nitrogens with one attached hydrogen (secondary N) is 1. The van der Waals surface area contributed by atoms with Gasteiger partial charge in [-0.1, -0.05) is 0 Å². The number of rotatable bonds is 0. The van der Waals surface area contributed by atoms with Crippen LogP contribution in [0.3, 0.4) is 0 Å². The maximum atomic E-state index is 11.5. The van der Waals surface area contributed by atoms with Gasteiger partial charge in [0.25, 0.3) is 5.91 Å². The van der Waals surface area contributed by atoms with Crippen molar-refractivity contribution in [1.29, 1.82) is 0 Å². The predicted octanol–water partition coefficient (Wildman–Crippen LogP) is 3.98. The third-order valence-corrected chi connectivity index (χ3v) is 6.87. The summed E-state index contributed by atoms with van der Waals surface area (Å²) in [5, 5.41) is 2.78. The molecule has 0 bridgehead atoms. The minimum atomic E-state index is -0.0409. The first-order valence-electron chi connectivity index (χ1n) is 3.67. The number of carbonyl (C=O) groups is 1. The highest BCUT2D eigenvalue weighted by Crippen LogP contribution is 2.43. The van der Waals surface area contributed by atoms with E-state index in [0.29, 0.717) is 12.1 Å². The van der Waals surface area contributed by atoms with Crippen molar-refractivity contribution in [2.24, 2.45) is 0 Å². The summed E-state index contributed by atoms with van der Waals surface area (Å²) in [7, 11) is 0. The van der Waals surface area contributed by atoms with Crippen LogP contribution in [0, 0.1) is 0 Å². The Hall–Kier alpha value is 0.610. The molecule has 2 nitrogen and oxygen atoms in total. The Bertz CT molecular complexity index is 444. The van der Waals surface area contributed by atoms with Crippen LogP contribution in [0.4, 0.5) is 0 Å². The van der Waals surface area contributed by atoms with Gasteiger partial charge in [-0.2, -0.15) is 0 Å². The van der Waals surface area contributed by atoms with Crippen molar-refractivity contribution in [2.75, 3.05) is 0 Å². The highest BCUT2D eigenvalue weighted by molar-refractivity contribution is 9.15. The molecule has 1 N–H and O–H groups in total. The Morgan fingerprint density at radius 3 is 2.14 bits per heavy atom. The van der Waals surface area contributed by atoms with E-state index in [4.69, 9.17) is 0 Å². The van der Waals surface area contributed by atoms with Crippen molar-refractivity contribution in [2.45, 2.75) is 6.54 Å². The van der Waals surface area contributed by atoms with E-state index in [2.05, 4.69) is 69.0 Å². The van der Waals surface area contributed by atoms with E-state index in [1.165, 1.54) is 0 Å². The van der Waals surface area contributed by atoms with E-state index < -0.39 is 0 Å². The summed E-state index contributed by atoms with van der Waals surface area (Å²) in [6, 6.07) is 0. The van der Waals surface area contributed by atoms with Gasteiger partial charge in [-0.3, -0.25) is 4.79 Å². The van der Waals surface area contributed by atoms with E-state index in [-0.39, 0.29) is 5.91 Å². The zero-order valence-corrected chi connectivity index (χ0v) is 13.0. The van der Waals surface area contributed by atoms with Gasteiger partial charge in [0.2, 0.25) is 0 Å². The zero-order valence-electron chi connectivity index (χ0n) is 6.63. The second-order valence-electron chi connectivity index (χ2n) is 2.79. The highest BCUT2D eigenvalue weighted by atomic mass is 79.9. The summed E-state index contributed by atoms with van der Waals surface area (Å²) < 4.78 is 3.47. The molecule has 0 aliphatic carbocycles. The van der Waals surface area contributed by atoms with Gasteiger partial charge in [0.1, 0.15) is 0 Å². The van der Waals surface area contributed by atoms with Crippen molar-refractivity contribution < 1.29 is 4.79 Å².